The van der Waals surface area contributed by atoms with Crippen LogP contribution in [0.2, 0.25) is 0 Å². The van der Waals surface area contributed by atoms with E-state index in [0.29, 0.717) is 12.5 Å². The Morgan fingerprint density at radius 3 is 2.81 bits per heavy atom. The van der Waals surface area contributed by atoms with Gasteiger partial charge in [-0.2, -0.15) is 0 Å². The largest absolute Gasteiger partial charge is 0.464 e. The second-order valence-electron chi connectivity index (χ2n) is 6.81. The van der Waals surface area contributed by atoms with Gasteiger partial charge in [0.2, 0.25) is 0 Å². The first kappa shape index (κ1) is 19.2. The van der Waals surface area contributed by atoms with Gasteiger partial charge in [0.05, 0.1) is 19.2 Å². The average molecular weight is 385 g/mol. The van der Waals surface area contributed by atoms with E-state index in [0.717, 1.165) is 21.4 Å². The van der Waals surface area contributed by atoms with E-state index in [1.807, 2.05) is 23.6 Å². The van der Waals surface area contributed by atoms with E-state index in [1.54, 1.807) is 17.6 Å². The zero-order valence-corrected chi connectivity index (χ0v) is 16.5. The van der Waals surface area contributed by atoms with Crippen LogP contribution >= 0.6 is 11.3 Å². The molecule has 0 aliphatic rings. The lowest BCUT2D eigenvalue weighted by atomic mass is 9.95. The van der Waals surface area contributed by atoms with E-state index < -0.39 is 5.97 Å². The number of carbonyl (C=O) groups is 2. The van der Waals surface area contributed by atoms with Crippen molar-refractivity contribution in [2.45, 2.75) is 39.7 Å². The Kier molecular flexibility index (Phi) is 5.96. The molecule has 2 aromatic heterocycles. The smallest absolute Gasteiger partial charge is 0.310 e. The highest BCUT2D eigenvalue weighted by Crippen LogP contribution is 2.29. The minimum Gasteiger partial charge on any atom is -0.464 e. The predicted octanol–water partition coefficient (Wildman–Crippen LogP) is 4.33. The van der Waals surface area contributed by atoms with Gasteiger partial charge < -0.3 is 14.5 Å². The molecule has 3 rings (SSSR count). The number of amides is 1. The van der Waals surface area contributed by atoms with Gasteiger partial charge in [0, 0.05) is 15.8 Å². The van der Waals surface area contributed by atoms with Crippen molar-refractivity contribution in [3.8, 4) is 0 Å². The van der Waals surface area contributed by atoms with Crippen molar-refractivity contribution in [3.63, 3.8) is 0 Å². The lowest BCUT2D eigenvalue weighted by molar-refractivity contribution is -0.147. The Bertz CT molecular complexity index is 941. The maximum Gasteiger partial charge on any atom is 0.310 e. The summed E-state index contributed by atoms with van der Waals surface area (Å²) in [5, 5.41) is 5.60. The third kappa shape index (κ3) is 4.77. The number of furan rings is 1. The second-order valence-corrected chi connectivity index (χ2v) is 7.85. The summed E-state index contributed by atoms with van der Waals surface area (Å²) < 4.78 is 10.7. The number of aryl methyl sites for hydroxylation is 1. The van der Waals surface area contributed by atoms with E-state index in [2.05, 4.69) is 32.2 Å². The molecule has 1 aromatic carbocycles. The summed E-state index contributed by atoms with van der Waals surface area (Å²) in [6.45, 7) is 6.49. The summed E-state index contributed by atoms with van der Waals surface area (Å²) in [6.07, 6.45) is 1.66. The van der Waals surface area contributed by atoms with Gasteiger partial charge >= 0.3 is 5.97 Å². The molecule has 2 heterocycles. The lowest BCUT2D eigenvalue weighted by Gasteiger charge is -2.10. The van der Waals surface area contributed by atoms with Crippen LogP contribution in [-0.4, -0.2) is 18.5 Å². The average Bonchev–Trinajstić information content (AvgIpc) is 3.27. The normalized spacial score (nSPS) is 11.1. The van der Waals surface area contributed by atoms with Gasteiger partial charge in [-0.1, -0.05) is 19.9 Å². The Morgan fingerprint density at radius 1 is 1.30 bits per heavy atom. The first-order chi connectivity index (χ1) is 12.9. The monoisotopic (exact) mass is 385 g/mol. The first-order valence-corrected chi connectivity index (χ1v) is 9.77. The third-order valence-corrected chi connectivity index (χ3v) is 5.28. The number of thiophene rings is 1. The molecule has 5 nitrogen and oxygen atoms in total. The molecule has 0 fully saturated rings. The highest BCUT2D eigenvalue weighted by atomic mass is 32.1. The second kappa shape index (κ2) is 8.39. The van der Waals surface area contributed by atoms with Crippen LogP contribution in [0.3, 0.4) is 0 Å². The zero-order valence-electron chi connectivity index (χ0n) is 15.7. The molecule has 1 N–H and O–H groups in total. The Balaban J connectivity index is 1.57. The molecule has 6 heteroatoms. The number of fused-ring (bicyclic) bond motifs is 1. The number of esters is 1. The van der Waals surface area contributed by atoms with Crippen LogP contribution in [0.1, 0.15) is 41.3 Å². The van der Waals surface area contributed by atoms with Crippen molar-refractivity contribution < 1.29 is 18.7 Å². The molecule has 27 heavy (non-hydrogen) atoms. The van der Waals surface area contributed by atoms with Crippen molar-refractivity contribution in [2.75, 3.05) is 6.61 Å². The molecule has 3 aromatic rings. The van der Waals surface area contributed by atoms with E-state index in [9.17, 15) is 9.59 Å². The first-order valence-electron chi connectivity index (χ1n) is 8.89. The van der Waals surface area contributed by atoms with Crippen molar-refractivity contribution in [1.29, 1.82) is 0 Å². The predicted molar refractivity (Wildman–Crippen MR) is 106 cm³/mol. The molecule has 0 radical (unpaired) electrons. The third-order valence-electron chi connectivity index (χ3n) is 4.40. The number of hydrogen-bond acceptors (Lipinski definition) is 5. The van der Waals surface area contributed by atoms with E-state index in [-0.39, 0.29) is 18.9 Å². The Labute approximate surface area is 162 Å². The number of nitrogens with one attached hydrogen (secondary N) is 1. The summed E-state index contributed by atoms with van der Waals surface area (Å²) in [5.74, 6) is -0.377. The van der Waals surface area contributed by atoms with Crippen molar-refractivity contribution in [1.82, 2.24) is 5.32 Å². The minimum absolute atomic E-state index is 0.0752. The lowest BCUT2D eigenvalue weighted by Crippen LogP contribution is -2.28. The molecular formula is C21H23NO4S. The fraction of sp³-hybridized carbons (Fsp3) is 0.333. The fourth-order valence-corrected chi connectivity index (χ4v) is 3.65. The van der Waals surface area contributed by atoms with Gasteiger partial charge in [-0.25, -0.2) is 0 Å². The number of hydrogen-bond donors (Lipinski definition) is 1. The van der Waals surface area contributed by atoms with Crippen LogP contribution in [0.15, 0.2) is 40.3 Å². The van der Waals surface area contributed by atoms with Crippen LogP contribution in [0.25, 0.3) is 11.0 Å². The van der Waals surface area contributed by atoms with Crippen LogP contribution in [0, 0.1) is 6.92 Å². The maximum absolute atomic E-state index is 12.1. The van der Waals surface area contributed by atoms with Gasteiger partial charge in [-0.05, 0) is 47.5 Å². The minimum atomic E-state index is -0.448. The molecule has 0 saturated heterocycles. The van der Waals surface area contributed by atoms with E-state index in [1.165, 1.54) is 11.1 Å². The molecule has 0 unspecified atom stereocenters. The molecule has 0 bridgehead atoms. The molecular weight excluding hydrogens is 362 g/mol. The standard InChI is InChI=1S/C21H23NO4S/c1-13(2)17-9-18-15(11-25-19(18)7-14(17)3)8-21(24)26-12-20(23)22-10-16-5-4-6-27-16/h4-7,9,11,13H,8,10,12H2,1-3H3,(H,22,23). The summed E-state index contributed by atoms with van der Waals surface area (Å²) >= 11 is 1.56. The number of rotatable bonds is 7. The maximum atomic E-state index is 12.1. The molecule has 0 atom stereocenters. The van der Waals surface area contributed by atoms with E-state index in [4.69, 9.17) is 9.15 Å². The van der Waals surface area contributed by atoms with Crippen molar-refractivity contribution in [2.24, 2.45) is 0 Å². The number of benzene rings is 1. The number of carbonyl (C=O) groups excluding carboxylic acids is 2. The van der Waals surface area contributed by atoms with Gasteiger partial charge in [0.25, 0.3) is 5.91 Å². The van der Waals surface area contributed by atoms with Crippen molar-refractivity contribution >= 4 is 34.2 Å². The molecule has 1 amide bonds. The molecule has 0 spiro atoms. The van der Waals surface area contributed by atoms with E-state index >= 15 is 0 Å². The van der Waals surface area contributed by atoms with Gasteiger partial charge in [-0.3, -0.25) is 9.59 Å². The van der Waals surface area contributed by atoms with Gasteiger partial charge in [-0.15, -0.1) is 11.3 Å². The fourth-order valence-electron chi connectivity index (χ4n) is 3.01. The van der Waals surface area contributed by atoms with Gasteiger partial charge in [0.1, 0.15) is 5.58 Å². The number of ether oxygens (including phenoxy) is 1. The Morgan fingerprint density at radius 2 is 2.11 bits per heavy atom. The topological polar surface area (TPSA) is 68.5 Å². The highest BCUT2D eigenvalue weighted by molar-refractivity contribution is 7.09. The summed E-state index contributed by atoms with van der Waals surface area (Å²) in [4.78, 5) is 25.0. The highest BCUT2D eigenvalue weighted by Gasteiger charge is 2.15. The molecule has 142 valence electrons. The van der Waals surface area contributed by atoms with Crippen molar-refractivity contribution in [3.05, 3.63) is 57.5 Å². The van der Waals surface area contributed by atoms with Crippen LogP contribution in [-0.2, 0) is 27.3 Å². The quantitative estimate of drug-likeness (QED) is 0.615. The van der Waals surface area contributed by atoms with Crippen LogP contribution in [0.5, 0.6) is 0 Å². The van der Waals surface area contributed by atoms with Crippen LogP contribution in [0.4, 0.5) is 0 Å². The molecule has 0 aliphatic heterocycles. The Hall–Kier alpha value is -2.60. The zero-order chi connectivity index (χ0) is 19.4. The van der Waals surface area contributed by atoms with Gasteiger partial charge in [0.15, 0.2) is 6.61 Å². The summed E-state index contributed by atoms with van der Waals surface area (Å²) in [6, 6.07) is 7.94. The summed E-state index contributed by atoms with van der Waals surface area (Å²) in [7, 11) is 0. The summed E-state index contributed by atoms with van der Waals surface area (Å²) in [5.41, 5.74) is 3.93. The molecule has 0 saturated carbocycles. The van der Waals surface area contributed by atoms with Crippen LogP contribution < -0.4 is 5.32 Å². The molecule has 0 aliphatic carbocycles. The SMILES string of the molecule is Cc1cc2occ(CC(=O)OCC(=O)NCc3cccs3)c2cc1C(C)C.